The van der Waals surface area contributed by atoms with Crippen molar-refractivity contribution < 1.29 is 22.8 Å². The van der Waals surface area contributed by atoms with Crippen LogP contribution in [0.5, 0.6) is 0 Å². The van der Waals surface area contributed by atoms with Crippen LogP contribution in [0.15, 0.2) is 0 Å². The summed E-state index contributed by atoms with van der Waals surface area (Å²) in [7, 11) is 0.572. The van der Waals surface area contributed by atoms with Crippen LogP contribution in [0.1, 0.15) is 73.1 Å². The molecule has 0 aromatic heterocycles. The molecule has 0 saturated heterocycles. The van der Waals surface area contributed by atoms with Crippen molar-refractivity contribution in [3.05, 3.63) is 0 Å². The predicted octanol–water partition coefficient (Wildman–Crippen LogP) is 6.27. The predicted molar refractivity (Wildman–Crippen MR) is 119 cm³/mol. The van der Waals surface area contributed by atoms with E-state index in [1.807, 2.05) is 6.92 Å². The van der Waals surface area contributed by atoms with Crippen molar-refractivity contribution in [1.82, 2.24) is 5.06 Å². The Morgan fingerprint density at radius 2 is 1.83 bits per heavy atom. The maximum atomic E-state index is 14.6. The van der Waals surface area contributed by atoms with Crippen LogP contribution in [0.4, 0.5) is 8.78 Å². The van der Waals surface area contributed by atoms with Crippen molar-refractivity contribution in [2.75, 3.05) is 14.2 Å². The van der Waals surface area contributed by atoms with E-state index < -0.39 is 26.6 Å². The van der Waals surface area contributed by atoms with E-state index in [0.29, 0.717) is 11.0 Å². The molecular formula is C23H43F2NO3Si. The Morgan fingerprint density at radius 3 is 2.37 bits per heavy atom. The fourth-order valence-corrected chi connectivity index (χ4v) is 7.13. The normalized spacial score (nSPS) is 31.4. The van der Waals surface area contributed by atoms with Gasteiger partial charge in [-0.3, -0.25) is 9.63 Å². The largest absolute Gasteiger partial charge is 0.414 e. The van der Waals surface area contributed by atoms with Gasteiger partial charge in [-0.25, -0.2) is 5.06 Å². The number of rotatable bonds is 7. The third kappa shape index (κ3) is 4.93. The molecule has 2 rings (SSSR count). The van der Waals surface area contributed by atoms with Crippen LogP contribution >= 0.6 is 0 Å². The number of halogens is 2. The molecule has 2 aliphatic carbocycles. The standard InChI is InChI=1S/C23H43F2NO3Si/c1-16(15-23(24,25)20(27)26(6)28-7)17-12-13-18-19(11-10-14-22(17,18)5)29-30(8,9)21(2,3)4/h16-19H,10-15H2,1-9H3/t16-,17-,18+,19+,22-/m1/s1. The second-order valence-corrected chi connectivity index (χ2v) is 16.2. The molecule has 0 aromatic carbocycles. The number of nitrogens with zero attached hydrogens (tertiary/aromatic N) is 1. The summed E-state index contributed by atoms with van der Waals surface area (Å²) in [6.07, 6.45) is 4.97. The molecule has 0 aliphatic heterocycles. The Hall–Kier alpha value is -0.533. The van der Waals surface area contributed by atoms with Gasteiger partial charge in [0.1, 0.15) is 0 Å². The minimum Gasteiger partial charge on any atom is -0.414 e. The molecular weight excluding hydrogens is 404 g/mol. The van der Waals surface area contributed by atoms with Crippen LogP contribution in [0.3, 0.4) is 0 Å². The van der Waals surface area contributed by atoms with Crippen molar-refractivity contribution in [2.24, 2.45) is 23.2 Å². The van der Waals surface area contributed by atoms with Crippen LogP contribution in [0, 0.1) is 23.2 Å². The molecule has 7 heteroatoms. The molecule has 2 fully saturated rings. The zero-order chi connectivity index (χ0) is 23.1. The molecule has 0 heterocycles. The summed E-state index contributed by atoms with van der Waals surface area (Å²) in [4.78, 5) is 16.7. The van der Waals surface area contributed by atoms with Gasteiger partial charge in [0.05, 0.1) is 7.11 Å². The Morgan fingerprint density at radius 1 is 1.23 bits per heavy atom. The smallest absolute Gasteiger partial charge is 0.327 e. The lowest BCUT2D eigenvalue weighted by Gasteiger charge is -2.50. The first kappa shape index (κ1) is 25.7. The first-order valence-corrected chi connectivity index (χ1v) is 14.4. The lowest BCUT2D eigenvalue weighted by atomic mass is 9.61. The van der Waals surface area contributed by atoms with Crippen LogP contribution in [-0.2, 0) is 14.1 Å². The van der Waals surface area contributed by atoms with Crippen molar-refractivity contribution in [1.29, 1.82) is 0 Å². The number of fused-ring (bicyclic) bond motifs is 1. The molecule has 0 unspecified atom stereocenters. The van der Waals surface area contributed by atoms with E-state index in [2.05, 4.69) is 40.8 Å². The number of carbonyl (C=O) groups is 1. The molecule has 4 nitrogen and oxygen atoms in total. The summed E-state index contributed by atoms with van der Waals surface area (Å²) in [6.45, 7) is 15.6. The monoisotopic (exact) mass is 447 g/mol. The lowest BCUT2D eigenvalue weighted by Crippen LogP contribution is -2.50. The first-order valence-electron chi connectivity index (χ1n) is 11.4. The van der Waals surface area contributed by atoms with Gasteiger partial charge >= 0.3 is 11.8 Å². The van der Waals surface area contributed by atoms with E-state index in [9.17, 15) is 13.6 Å². The third-order valence-electron chi connectivity index (χ3n) is 8.53. The second kappa shape index (κ2) is 8.78. The molecule has 0 radical (unpaired) electrons. The van der Waals surface area contributed by atoms with Crippen LogP contribution in [0.2, 0.25) is 18.1 Å². The van der Waals surface area contributed by atoms with E-state index in [1.165, 1.54) is 14.2 Å². The Balaban J connectivity index is 2.15. The lowest BCUT2D eigenvalue weighted by molar-refractivity contribution is -0.197. The van der Waals surface area contributed by atoms with Crippen LogP contribution in [-0.4, -0.2) is 45.5 Å². The Labute approximate surface area is 183 Å². The number of hydroxylamine groups is 2. The fourth-order valence-electron chi connectivity index (χ4n) is 5.74. The molecule has 0 N–H and O–H groups in total. The average molecular weight is 448 g/mol. The van der Waals surface area contributed by atoms with Gasteiger partial charge in [0.25, 0.3) is 0 Å². The Kier molecular flexibility index (Phi) is 7.53. The minimum absolute atomic E-state index is 0.00299. The van der Waals surface area contributed by atoms with Crippen LogP contribution in [0.25, 0.3) is 0 Å². The number of hydrogen-bond donors (Lipinski definition) is 0. The van der Waals surface area contributed by atoms with Crippen molar-refractivity contribution in [3.8, 4) is 0 Å². The van der Waals surface area contributed by atoms with Crippen molar-refractivity contribution in [2.45, 2.75) is 103 Å². The van der Waals surface area contributed by atoms with Gasteiger partial charge in [0.2, 0.25) is 0 Å². The van der Waals surface area contributed by atoms with Crippen molar-refractivity contribution in [3.63, 3.8) is 0 Å². The number of amides is 1. The molecule has 0 spiro atoms. The fraction of sp³-hybridized carbons (Fsp3) is 0.957. The average Bonchev–Trinajstić information content (AvgIpc) is 2.96. The summed E-state index contributed by atoms with van der Waals surface area (Å²) >= 11 is 0. The van der Waals surface area contributed by atoms with Crippen molar-refractivity contribution >= 4 is 14.2 Å². The highest BCUT2D eigenvalue weighted by Crippen LogP contribution is 2.60. The van der Waals surface area contributed by atoms with Gasteiger partial charge in [-0.1, -0.05) is 41.0 Å². The van der Waals surface area contributed by atoms with Gasteiger partial charge in [-0.2, -0.15) is 8.78 Å². The van der Waals surface area contributed by atoms with Gasteiger partial charge in [0.15, 0.2) is 8.32 Å². The number of hydrogen-bond acceptors (Lipinski definition) is 3. The van der Waals surface area contributed by atoms with E-state index in [0.717, 1.165) is 32.1 Å². The minimum atomic E-state index is -3.41. The zero-order valence-electron chi connectivity index (χ0n) is 20.5. The summed E-state index contributed by atoms with van der Waals surface area (Å²) < 4.78 is 36.1. The van der Waals surface area contributed by atoms with Gasteiger partial charge < -0.3 is 4.43 Å². The van der Waals surface area contributed by atoms with Gasteiger partial charge in [0, 0.05) is 19.6 Å². The highest BCUT2D eigenvalue weighted by atomic mass is 28.4. The number of alkyl halides is 2. The highest BCUT2D eigenvalue weighted by molar-refractivity contribution is 6.74. The summed E-state index contributed by atoms with van der Waals surface area (Å²) in [5.41, 5.74) is -0.00299. The van der Waals surface area contributed by atoms with Crippen LogP contribution < -0.4 is 0 Å². The molecule has 176 valence electrons. The molecule has 1 amide bonds. The molecule has 5 atom stereocenters. The number of carbonyl (C=O) groups excluding carboxylic acids is 1. The third-order valence-corrected chi connectivity index (χ3v) is 13.0. The van der Waals surface area contributed by atoms with Gasteiger partial charge in [-0.15, -0.1) is 0 Å². The molecule has 2 saturated carbocycles. The molecule has 0 aromatic rings. The molecule has 2 aliphatic rings. The second-order valence-electron chi connectivity index (χ2n) is 11.5. The Bertz CT molecular complexity index is 622. The van der Waals surface area contributed by atoms with E-state index in [1.54, 1.807) is 0 Å². The maximum absolute atomic E-state index is 14.6. The van der Waals surface area contributed by atoms with E-state index in [4.69, 9.17) is 9.26 Å². The SMILES string of the molecule is CON(C)C(=O)C(F)(F)C[C@@H](C)[C@H]1CC[C@H]2[C@@H](O[Si](C)(C)C(C)(C)C)CCC[C@]12C. The topological polar surface area (TPSA) is 38.8 Å². The highest BCUT2D eigenvalue weighted by Gasteiger charge is 2.56. The van der Waals surface area contributed by atoms with E-state index in [-0.39, 0.29) is 28.4 Å². The first-order chi connectivity index (χ1) is 13.6. The molecule has 0 bridgehead atoms. The summed E-state index contributed by atoms with van der Waals surface area (Å²) in [6, 6.07) is 0. The molecule has 30 heavy (non-hydrogen) atoms. The quantitative estimate of drug-likeness (QED) is 0.341. The summed E-state index contributed by atoms with van der Waals surface area (Å²) in [5, 5.41) is 0.789. The van der Waals surface area contributed by atoms with E-state index >= 15 is 0 Å². The van der Waals surface area contributed by atoms with Gasteiger partial charge in [-0.05, 0) is 67.0 Å². The maximum Gasteiger partial charge on any atom is 0.327 e. The summed E-state index contributed by atoms with van der Waals surface area (Å²) in [5.74, 6) is -4.32. The zero-order valence-corrected chi connectivity index (χ0v) is 21.5.